The van der Waals surface area contributed by atoms with Crippen molar-refractivity contribution < 1.29 is 13.7 Å². The Labute approximate surface area is 138 Å². The third kappa shape index (κ3) is 4.00. The van der Waals surface area contributed by atoms with Crippen LogP contribution in [-0.2, 0) is 4.18 Å². The quantitative estimate of drug-likeness (QED) is 0.683. The van der Waals surface area contributed by atoms with Gasteiger partial charge in [-0.1, -0.05) is 18.2 Å². The highest BCUT2D eigenvalue weighted by Crippen LogP contribution is 2.36. The Morgan fingerprint density at radius 3 is 2.68 bits per heavy atom. The van der Waals surface area contributed by atoms with Crippen molar-refractivity contribution in [2.45, 2.75) is 11.0 Å². The fourth-order valence-electron chi connectivity index (χ4n) is 1.93. The second kappa shape index (κ2) is 7.63. The van der Waals surface area contributed by atoms with Gasteiger partial charge in [0.25, 0.3) is 0 Å². The molecule has 0 fully saturated rings. The van der Waals surface area contributed by atoms with Gasteiger partial charge in [0.1, 0.15) is 23.4 Å². The molecular formula is C17H16O3S2. The van der Waals surface area contributed by atoms with Crippen LogP contribution in [0.3, 0.4) is 0 Å². The van der Waals surface area contributed by atoms with Gasteiger partial charge in [0, 0.05) is 23.9 Å². The molecule has 0 spiro atoms. The number of benzene rings is 2. The summed E-state index contributed by atoms with van der Waals surface area (Å²) in [7, 11) is 1.65. The van der Waals surface area contributed by atoms with Gasteiger partial charge in [-0.15, -0.1) is 11.8 Å². The van der Waals surface area contributed by atoms with Crippen LogP contribution in [0.2, 0.25) is 0 Å². The summed E-state index contributed by atoms with van der Waals surface area (Å²) in [6, 6.07) is 15.4. The van der Waals surface area contributed by atoms with Gasteiger partial charge in [-0.3, -0.25) is 0 Å². The maximum absolute atomic E-state index is 5.81. The summed E-state index contributed by atoms with van der Waals surface area (Å²) in [6.45, 7) is 0. The predicted molar refractivity (Wildman–Crippen MR) is 91.8 cm³/mol. The highest BCUT2D eigenvalue weighted by atomic mass is 32.2. The summed E-state index contributed by atoms with van der Waals surface area (Å²) in [4.78, 5) is 0.938. The molecule has 0 amide bonds. The van der Waals surface area contributed by atoms with Gasteiger partial charge in [-0.05, 0) is 35.7 Å². The Morgan fingerprint density at radius 1 is 1.09 bits per heavy atom. The van der Waals surface area contributed by atoms with E-state index in [2.05, 4.69) is 11.5 Å². The van der Waals surface area contributed by atoms with E-state index in [1.54, 1.807) is 18.9 Å². The van der Waals surface area contributed by atoms with E-state index in [0.717, 1.165) is 27.9 Å². The fourth-order valence-corrected chi connectivity index (χ4v) is 3.49. The molecule has 2 aromatic carbocycles. The molecule has 3 nitrogen and oxygen atoms in total. The summed E-state index contributed by atoms with van der Waals surface area (Å²) in [5.41, 5.74) is 0. The second-order valence-corrected chi connectivity index (χ2v) is 6.35. The second-order valence-electron chi connectivity index (χ2n) is 4.61. The van der Waals surface area contributed by atoms with Crippen LogP contribution < -0.4 is 9.47 Å². The monoisotopic (exact) mass is 332 g/mol. The molecule has 0 aromatic heterocycles. The topological polar surface area (TPSA) is 27.7 Å². The lowest BCUT2D eigenvalue weighted by Crippen LogP contribution is -2.04. The molecule has 0 N–H and O–H groups in total. The molecule has 1 aliphatic rings. The summed E-state index contributed by atoms with van der Waals surface area (Å²) >= 11 is 3.10. The van der Waals surface area contributed by atoms with Crippen molar-refractivity contribution >= 4 is 23.8 Å². The number of para-hydroxylation sites is 1. The molecule has 1 heterocycles. The third-order valence-corrected chi connectivity index (χ3v) is 4.76. The van der Waals surface area contributed by atoms with E-state index in [4.69, 9.17) is 13.7 Å². The molecule has 0 bridgehead atoms. The Bertz CT molecular complexity index is 644. The van der Waals surface area contributed by atoms with Crippen LogP contribution >= 0.6 is 23.8 Å². The van der Waals surface area contributed by atoms with E-state index in [9.17, 15) is 0 Å². The summed E-state index contributed by atoms with van der Waals surface area (Å²) in [5, 5.41) is 2.07. The van der Waals surface area contributed by atoms with E-state index in [0.29, 0.717) is 0 Å². The standard InChI is InChI=1S/C17H16O3S2/c1-18-16-11-14(19-13-5-3-2-4-6-13)7-8-17(16)22-20-15-9-10-21-12-15/h2-11,15H,12H2,1H3. The number of methoxy groups -OCH3 is 1. The number of rotatable bonds is 6. The first-order valence-electron chi connectivity index (χ1n) is 6.88. The van der Waals surface area contributed by atoms with Crippen LogP contribution in [0.25, 0.3) is 0 Å². The molecule has 0 saturated heterocycles. The lowest BCUT2D eigenvalue weighted by atomic mass is 10.3. The maximum atomic E-state index is 5.81. The third-order valence-electron chi connectivity index (χ3n) is 3.03. The zero-order chi connectivity index (χ0) is 15.2. The number of thioether (sulfide) groups is 1. The van der Waals surface area contributed by atoms with Crippen molar-refractivity contribution in [2.24, 2.45) is 0 Å². The molecule has 1 unspecified atom stereocenters. The average Bonchev–Trinajstić information content (AvgIpc) is 3.08. The van der Waals surface area contributed by atoms with Crippen molar-refractivity contribution in [1.29, 1.82) is 0 Å². The number of hydrogen-bond acceptors (Lipinski definition) is 5. The minimum absolute atomic E-state index is 0.153. The molecule has 0 aliphatic carbocycles. The van der Waals surface area contributed by atoms with Gasteiger partial charge in [0.15, 0.2) is 0 Å². The van der Waals surface area contributed by atoms with Crippen molar-refractivity contribution in [3.63, 3.8) is 0 Å². The first-order chi connectivity index (χ1) is 10.8. The number of ether oxygens (including phenoxy) is 2. The predicted octanol–water partition coefficient (Wildman–Crippen LogP) is 5.14. The van der Waals surface area contributed by atoms with Crippen LogP contribution in [0, 0.1) is 0 Å². The smallest absolute Gasteiger partial charge is 0.138 e. The molecular weight excluding hydrogens is 316 g/mol. The van der Waals surface area contributed by atoms with Crippen LogP contribution in [0.15, 0.2) is 64.9 Å². The largest absolute Gasteiger partial charge is 0.495 e. The molecule has 0 saturated carbocycles. The normalized spacial score (nSPS) is 16.7. The molecule has 114 valence electrons. The molecule has 22 heavy (non-hydrogen) atoms. The van der Waals surface area contributed by atoms with Gasteiger partial charge in [0.2, 0.25) is 0 Å². The van der Waals surface area contributed by atoms with Crippen LogP contribution in [0.5, 0.6) is 17.2 Å². The number of hydrogen-bond donors (Lipinski definition) is 0. The van der Waals surface area contributed by atoms with Crippen LogP contribution in [0.1, 0.15) is 0 Å². The molecule has 1 atom stereocenters. The van der Waals surface area contributed by atoms with Gasteiger partial charge < -0.3 is 13.7 Å². The lowest BCUT2D eigenvalue weighted by Gasteiger charge is -2.12. The Hall–Kier alpha value is -1.56. The van der Waals surface area contributed by atoms with E-state index in [1.807, 2.05) is 48.5 Å². The average molecular weight is 332 g/mol. The van der Waals surface area contributed by atoms with Crippen molar-refractivity contribution in [2.75, 3.05) is 12.9 Å². The van der Waals surface area contributed by atoms with Gasteiger partial charge in [-0.2, -0.15) is 0 Å². The zero-order valence-corrected chi connectivity index (χ0v) is 13.7. The molecule has 2 aromatic rings. The highest BCUT2D eigenvalue weighted by Gasteiger charge is 2.13. The highest BCUT2D eigenvalue weighted by molar-refractivity contribution is 8.02. The maximum Gasteiger partial charge on any atom is 0.138 e. The van der Waals surface area contributed by atoms with E-state index >= 15 is 0 Å². The Kier molecular flexibility index (Phi) is 5.32. The lowest BCUT2D eigenvalue weighted by molar-refractivity contribution is 0.326. The Morgan fingerprint density at radius 2 is 1.95 bits per heavy atom. The van der Waals surface area contributed by atoms with Crippen molar-refractivity contribution in [3.05, 3.63) is 60.0 Å². The first-order valence-corrected chi connectivity index (χ1v) is 8.67. The SMILES string of the molecule is COc1cc(Oc2ccccc2)ccc1SOC1C=CSC1. The molecule has 3 rings (SSSR count). The van der Waals surface area contributed by atoms with E-state index in [1.165, 1.54) is 12.0 Å². The molecule has 5 heteroatoms. The Balaban J connectivity index is 1.68. The van der Waals surface area contributed by atoms with E-state index < -0.39 is 0 Å². The van der Waals surface area contributed by atoms with Crippen molar-refractivity contribution in [1.82, 2.24) is 0 Å². The van der Waals surface area contributed by atoms with E-state index in [-0.39, 0.29) is 6.10 Å². The zero-order valence-electron chi connectivity index (χ0n) is 12.1. The fraction of sp³-hybridized carbons (Fsp3) is 0.176. The van der Waals surface area contributed by atoms with Crippen LogP contribution in [0.4, 0.5) is 0 Å². The van der Waals surface area contributed by atoms with Gasteiger partial charge >= 0.3 is 0 Å². The van der Waals surface area contributed by atoms with Gasteiger partial charge in [0.05, 0.1) is 12.0 Å². The molecule has 1 aliphatic heterocycles. The van der Waals surface area contributed by atoms with Crippen molar-refractivity contribution in [3.8, 4) is 17.2 Å². The minimum atomic E-state index is 0.153. The minimum Gasteiger partial charge on any atom is -0.495 e. The first kappa shape index (κ1) is 15.3. The summed E-state index contributed by atoms with van der Waals surface area (Å²) < 4.78 is 17.0. The van der Waals surface area contributed by atoms with Gasteiger partial charge in [-0.25, -0.2) is 0 Å². The summed E-state index contributed by atoms with van der Waals surface area (Å²) in [6.07, 6.45) is 2.22. The van der Waals surface area contributed by atoms with Crippen LogP contribution in [-0.4, -0.2) is 19.0 Å². The summed E-state index contributed by atoms with van der Waals surface area (Å²) in [5.74, 6) is 3.25. The molecule has 0 radical (unpaired) electrons.